The Bertz CT molecular complexity index is 1310. The third-order valence-corrected chi connectivity index (χ3v) is 9.16. The van der Waals surface area contributed by atoms with Crippen LogP contribution in [0.3, 0.4) is 0 Å². The Morgan fingerprint density at radius 3 is 1.79 bits per heavy atom. The second kappa shape index (κ2) is 37.2. The zero-order chi connectivity index (χ0) is 42.3. The van der Waals surface area contributed by atoms with Crippen LogP contribution in [0.4, 0.5) is 0 Å². The van der Waals surface area contributed by atoms with Gasteiger partial charge in [-0.15, -0.1) is 0 Å². The number of allylic oxidation sites excluding steroid dienone is 14. The molecule has 2 N–H and O–H groups in total. The van der Waals surface area contributed by atoms with E-state index in [4.69, 9.17) is 18.5 Å². The predicted molar refractivity (Wildman–Crippen MR) is 234 cm³/mol. The number of aliphatic hydroxyl groups excluding tert-OH is 1. The molecule has 0 aliphatic rings. The SMILES string of the molecule is CC/C=C\C(O)C/C=C/C=C\C/C=C\C/C=C\CCCC(=O)O[C@H](COC(=O)CCCC/C=C\C/C=C\C/C=C\CCCCC)COP(=O)(O)OCC[N+](C)(C)C. The van der Waals surface area contributed by atoms with Gasteiger partial charge < -0.3 is 24.0 Å². The van der Waals surface area contributed by atoms with Gasteiger partial charge in [0.15, 0.2) is 6.10 Å². The predicted octanol–water partition coefficient (Wildman–Crippen LogP) is 10.8. The first-order chi connectivity index (χ1) is 27.4. The van der Waals surface area contributed by atoms with Crippen molar-refractivity contribution in [2.75, 3.05) is 47.5 Å². The Labute approximate surface area is 346 Å². The molecule has 11 heteroatoms. The molecule has 10 nitrogen and oxygen atoms in total. The van der Waals surface area contributed by atoms with Gasteiger partial charge in [-0.25, -0.2) is 4.57 Å². The minimum absolute atomic E-state index is 0.00147. The van der Waals surface area contributed by atoms with Gasteiger partial charge in [-0.05, 0) is 83.5 Å². The van der Waals surface area contributed by atoms with Gasteiger partial charge in [0.2, 0.25) is 0 Å². The summed E-state index contributed by atoms with van der Waals surface area (Å²) in [7, 11) is 1.37. The molecule has 0 aliphatic carbocycles. The van der Waals surface area contributed by atoms with Crippen LogP contribution in [0.25, 0.3) is 0 Å². The van der Waals surface area contributed by atoms with Gasteiger partial charge >= 0.3 is 19.8 Å². The number of aliphatic hydroxyl groups is 1. The van der Waals surface area contributed by atoms with Gasteiger partial charge in [-0.3, -0.25) is 18.6 Å². The zero-order valence-corrected chi connectivity index (χ0v) is 36.8. The number of esters is 2. The first-order valence-corrected chi connectivity index (χ1v) is 22.6. The van der Waals surface area contributed by atoms with Gasteiger partial charge in [-0.1, -0.05) is 124 Å². The smallest absolute Gasteiger partial charge is 0.462 e. The minimum atomic E-state index is -4.41. The molecule has 0 aromatic heterocycles. The number of phosphoric ester groups is 1. The second-order valence-electron chi connectivity index (χ2n) is 14.8. The monoisotopic (exact) mass is 819 g/mol. The standard InChI is InChI=1S/C46H76NO9P/c1-6-8-10-11-12-13-14-15-16-17-21-24-27-30-33-37-45(49)53-41-44(42-55-57(51,52)54-40-39-47(3,4)5)56-46(50)38-34-31-28-25-22-19-18-20-23-26-29-32-36-43(48)35-9-7-2/h9,12-13,15-16,18-19,21,23-26,28-29,32,35,43-44,48H,6-8,10-11,14,17,20,22,27,30-31,33-34,36-42H2,1-5H3/p+1/b13-12-,16-15-,19-18-,24-21-,26-23-,28-25-,32-29+,35-9-/t43?,44-/m1/s1. The van der Waals surface area contributed by atoms with Gasteiger partial charge in [-0.2, -0.15) is 0 Å². The maximum atomic E-state index is 12.7. The third-order valence-electron chi connectivity index (χ3n) is 8.17. The number of carbonyl (C=O) groups excluding carboxylic acids is 2. The highest BCUT2D eigenvalue weighted by Gasteiger charge is 2.27. The van der Waals surface area contributed by atoms with E-state index in [0.717, 1.165) is 51.4 Å². The molecule has 0 spiro atoms. The summed E-state index contributed by atoms with van der Waals surface area (Å²) >= 11 is 0. The van der Waals surface area contributed by atoms with Gasteiger partial charge in [0.25, 0.3) is 0 Å². The molecule has 57 heavy (non-hydrogen) atoms. The van der Waals surface area contributed by atoms with Crippen molar-refractivity contribution in [1.82, 2.24) is 0 Å². The van der Waals surface area contributed by atoms with E-state index in [9.17, 15) is 24.2 Å². The van der Waals surface area contributed by atoms with Crippen molar-refractivity contribution >= 4 is 19.8 Å². The molecular formula is C46H77NO9P+. The highest BCUT2D eigenvalue weighted by atomic mass is 31.2. The number of hydrogen-bond donors (Lipinski definition) is 2. The lowest BCUT2D eigenvalue weighted by Gasteiger charge is -2.24. The molecule has 0 heterocycles. The Hall–Kier alpha value is -3.11. The van der Waals surface area contributed by atoms with Crippen molar-refractivity contribution in [3.63, 3.8) is 0 Å². The third kappa shape index (κ3) is 40.9. The van der Waals surface area contributed by atoms with Crippen molar-refractivity contribution in [1.29, 1.82) is 0 Å². The lowest BCUT2D eigenvalue weighted by Crippen LogP contribution is -2.37. The number of hydrogen-bond acceptors (Lipinski definition) is 8. The largest absolute Gasteiger partial charge is 0.472 e. The summed E-state index contributed by atoms with van der Waals surface area (Å²) in [5.41, 5.74) is 0. The van der Waals surface area contributed by atoms with E-state index in [2.05, 4.69) is 55.5 Å². The molecule has 0 aliphatic heterocycles. The van der Waals surface area contributed by atoms with E-state index in [0.29, 0.717) is 36.7 Å². The molecule has 0 aromatic carbocycles. The number of quaternary nitrogens is 1. The van der Waals surface area contributed by atoms with E-state index in [-0.39, 0.29) is 26.1 Å². The van der Waals surface area contributed by atoms with Crippen molar-refractivity contribution in [3.8, 4) is 0 Å². The van der Waals surface area contributed by atoms with Crippen LogP contribution in [0.2, 0.25) is 0 Å². The van der Waals surface area contributed by atoms with Gasteiger partial charge in [0.1, 0.15) is 19.8 Å². The summed E-state index contributed by atoms with van der Waals surface area (Å²) < 4.78 is 34.1. The Morgan fingerprint density at radius 1 is 0.649 bits per heavy atom. The molecule has 0 bridgehead atoms. The summed E-state index contributed by atoms with van der Waals surface area (Å²) in [5.74, 6) is -0.948. The number of phosphoric acid groups is 1. The van der Waals surface area contributed by atoms with E-state index in [1.165, 1.54) is 19.3 Å². The summed E-state index contributed by atoms with van der Waals surface area (Å²) in [6, 6.07) is 0. The van der Waals surface area contributed by atoms with Crippen LogP contribution in [0.5, 0.6) is 0 Å². The quantitative estimate of drug-likeness (QED) is 0.0159. The van der Waals surface area contributed by atoms with E-state index in [1.54, 1.807) is 0 Å². The number of ether oxygens (including phenoxy) is 2. The van der Waals surface area contributed by atoms with Gasteiger partial charge in [0, 0.05) is 12.8 Å². The molecule has 324 valence electrons. The second-order valence-corrected chi connectivity index (χ2v) is 16.3. The average Bonchev–Trinajstić information content (AvgIpc) is 3.16. The first kappa shape index (κ1) is 53.9. The molecular weight excluding hydrogens is 741 g/mol. The van der Waals surface area contributed by atoms with Gasteiger partial charge in [0.05, 0.1) is 33.9 Å². The molecule has 0 saturated carbocycles. The number of carbonyl (C=O) groups is 2. The molecule has 2 unspecified atom stereocenters. The van der Waals surface area contributed by atoms with E-state index in [1.807, 2.05) is 76.7 Å². The van der Waals surface area contributed by atoms with Crippen LogP contribution in [-0.2, 0) is 32.7 Å². The van der Waals surface area contributed by atoms with Crippen LogP contribution in [-0.4, -0.2) is 86.1 Å². The van der Waals surface area contributed by atoms with Crippen LogP contribution in [0.1, 0.15) is 123 Å². The minimum Gasteiger partial charge on any atom is -0.462 e. The fourth-order valence-electron chi connectivity index (χ4n) is 4.84. The Morgan fingerprint density at radius 2 is 1.19 bits per heavy atom. The van der Waals surface area contributed by atoms with E-state index >= 15 is 0 Å². The number of unbranched alkanes of at least 4 members (excludes halogenated alkanes) is 6. The topological polar surface area (TPSA) is 129 Å². The normalized spacial score (nSPS) is 15.1. The van der Waals surface area contributed by atoms with Crippen molar-refractivity contribution in [2.45, 2.75) is 135 Å². The summed E-state index contributed by atoms with van der Waals surface area (Å²) in [6.07, 6.45) is 45.2. The van der Waals surface area contributed by atoms with Crippen LogP contribution < -0.4 is 0 Å². The summed E-state index contributed by atoms with van der Waals surface area (Å²) in [6.45, 7) is 3.99. The fourth-order valence-corrected chi connectivity index (χ4v) is 5.58. The van der Waals surface area contributed by atoms with Crippen molar-refractivity contribution in [3.05, 3.63) is 97.2 Å². The molecule has 0 aromatic rings. The highest BCUT2D eigenvalue weighted by molar-refractivity contribution is 7.47. The number of likely N-dealkylation sites (N-methyl/N-ethyl adjacent to an activating group) is 1. The average molecular weight is 819 g/mol. The van der Waals surface area contributed by atoms with Crippen molar-refractivity contribution < 1.29 is 47.2 Å². The molecule has 0 amide bonds. The van der Waals surface area contributed by atoms with Crippen LogP contribution in [0, 0.1) is 0 Å². The zero-order valence-electron chi connectivity index (χ0n) is 35.9. The Kier molecular flexibility index (Phi) is 35.2. The lowest BCUT2D eigenvalue weighted by atomic mass is 10.1. The van der Waals surface area contributed by atoms with Crippen molar-refractivity contribution in [2.24, 2.45) is 0 Å². The number of rotatable bonds is 36. The highest BCUT2D eigenvalue weighted by Crippen LogP contribution is 2.43. The molecule has 0 saturated heterocycles. The summed E-state index contributed by atoms with van der Waals surface area (Å²) in [5, 5.41) is 9.77. The molecule has 0 radical (unpaired) electrons. The van der Waals surface area contributed by atoms with Crippen LogP contribution >= 0.6 is 7.82 Å². The molecule has 0 rings (SSSR count). The maximum Gasteiger partial charge on any atom is 0.472 e. The van der Waals surface area contributed by atoms with Crippen LogP contribution in [0.15, 0.2) is 97.2 Å². The molecule has 3 atom stereocenters. The first-order valence-electron chi connectivity index (χ1n) is 21.1. The number of nitrogens with zero attached hydrogens (tertiary/aromatic N) is 1. The molecule has 0 fully saturated rings. The summed E-state index contributed by atoms with van der Waals surface area (Å²) in [4.78, 5) is 35.3. The Balaban J connectivity index is 4.61. The fraction of sp³-hybridized carbons (Fsp3) is 0.609. The lowest BCUT2D eigenvalue weighted by molar-refractivity contribution is -0.870. The maximum absolute atomic E-state index is 12.7. The van der Waals surface area contributed by atoms with E-state index < -0.39 is 38.6 Å².